The number of ether oxygens (including phenoxy) is 1. The van der Waals surface area contributed by atoms with Gasteiger partial charge in [0.15, 0.2) is 11.4 Å². The van der Waals surface area contributed by atoms with Crippen molar-refractivity contribution in [2.75, 3.05) is 7.11 Å². The third-order valence-electron chi connectivity index (χ3n) is 4.21. The number of carbonyl (C=O) groups is 1. The zero-order chi connectivity index (χ0) is 15.6. The minimum absolute atomic E-state index is 0.162. The molecule has 3 N–H and O–H groups in total. The Morgan fingerprint density at radius 1 is 1.33 bits per heavy atom. The molecule has 0 saturated heterocycles. The van der Waals surface area contributed by atoms with Crippen molar-refractivity contribution < 1.29 is 14.6 Å². The molecular weight excluding hydrogens is 268 g/mol. The first-order chi connectivity index (χ1) is 9.97. The van der Waals surface area contributed by atoms with Crippen LogP contribution in [0.5, 0.6) is 5.75 Å². The van der Waals surface area contributed by atoms with Crippen molar-refractivity contribution in [3.05, 3.63) is 30.0 Å². The quantitative estimate of drug-likeness (QED) is 0.857. The molecule has 5 nitrogen and oxygen atoms in total. The lowest BCUT2D eigenvalue weighted by atomic mass is 9.94. The lowest BCUT2D eigenvalue weighted by Gasteiger charge is -2.28. The van der Waals surface area contributed by atoms with Crippen LogP contribution in [0.15, 0.2) is 24.3 Å². The summed E-state index contributed by atoms with van der Waals surface area (Å²) in [5.41, 5.74) is 6.95. The fourth-order valence-electron chi connectivity index (χ4n) is 2.64. The number of nitrogens with two attached hydrogens (primary N) is 1. The minimum Gasteiger partial charge on any atom is -0.494 e. The molecule has 0 aliphatic rings. The first kappa shape index (κ1) is 15.4. The number of nitrogens with zero attached hydrogens (tertiary/aromatic N) is 1. The number of para-hydroxylation sites is 1. The van der Waals surface area contributed by atoms with Crippen LogP contribution in [-0.2, 0) is 6.54 Å². The summed E-state index contributed by atoms with van der Waals surface area (Å²) in [5.74, 6) is -0.606. The maximum Gasteiger partial charge on any atom is 0.356 e. The molecule has 2 rings (SSSR count). The highest BCUT2D eigenvalue weighted by Gasteiger charge is 2.28. The molecule has 0 atom stereocenters. The van der Waals surface area contributed by atoms with E-state index < -0.39 is 11.5 Å². The number of benzene rings is 1. The Balaban J connectivity index is 2.71. The number of hydrogen-bond acceptors (Lipinski definition) is 3. The van der Waals surface area contributed by atoms with Gasteiger partial charge in [-0.25, -0.2) is 4.79 Å². The van der Waals surface area contributed by atoms with E-state index in [-0.39, 0.29) is 5.69 Å². The second-order valence-electron chi connectivity index (χ2n) is 5.36. The summed E-state index contributed by atoms with van der Waals surface area (Å²) in [6, 6.07) is 7.53. The van der Waals surface area contributed by atoms with Crippen LogP contribution >= 0.6 is 0 Å². The van der Waals surface area contributed by atoms with Crippen LogP contribution in [0.4, 0.5) is 0 Å². The monoisotopic (exact) mass is 290 g/mol. The van der Waals surface area contributed by atoms with Crippen molar-refractivity contribution >= 4 is 16.9 Å². The van der Waals surface area contributed by atoms with Gasteiger partial charge < -0.3 is 20.1 Å². The lowest BCUT2D eigenvalue weighted by Crippen LogP contribution is -2.43. The topological polar surface area (TPSA) is 77.5 Å². The first-order valence-electron chi connectivity index (χ1n) is 7.14. The van der Waals surface area contributed by atoms with Gasteiger partial charge in [-0.3, -0.25) is 0 Å². The molecule has 1 heterocycles. The zero-order valence-corrected chi connectivity index (χ0v) is 12.7. The Bertz CT molecular complexity index is 657. The maximum atomic E-state index is 11.7. The van der Waals surface area contributed by atoms with Crippen LogP contribution in [0.2, 0.25) is 0 Å². The molecule has 0 amide bonds. The Kier molecular flexibility index (Phi) is 4.23. The van der Waals surface area contributed by atoms with Crippen molar-refractivity contribution in [3.8, 4) is 5.75 Å². The molecule has 0 spiro atoms. The van der Waals surface area contributed by atoms with Gasteiger partial charge in [-0.1, -0.05) is 26.0 Å². The second kappa shape index (κ2) is 5.77. The molecule has 0 fully saturated rings. The minimum atomic E-state index is -1.00. The average molecular weight is 290 g/mol. The number of hydrogen-bond donors (Lipinski definition) is 2. The summed E-state index contributed by atoms with van der Waals surface area (Å²) in [6.07, 6.45) is 1.55. The summed E-state index contributed by atoms with van der Waals surface area (Å²) in [5, 5.41) is 10.4. The molecule has 5 heteroatoms. The van der Waals surface area contributed by atoms with E-state index in [1.54, 1.807) is 4.57 Å². The van der Waals surface area contributed by atoms with Crippen LogP contribution in [-0.4, -0.2) is 28.3 Å². The van der Waals surface area contributed by atoms with Crippen LogP contribution in [0.1, 0.15) is 37.2 Å². The first-order valence-corrected chi connectivity index (χ1v) is 7.14. The summed E-state index contributed by atoms with van der Waals surface area (Å²) in [7, 11) is 1.49. The van der Waals surface area contributed by atoms with Crippen LogP contribution in [0, 0.1) is 0 Å². The zero-order valence-electron chi connectivity index (χ0n) is 12.7. The largest absolute Gasteiger partial charge is 0.494 e. The summed E-state index contributed by atoms with van der Waals surface area (Å²) >= 11 is 0. The number of aromatic carboxylic acids is 1. The van der Waals surface area contributed by atoms with Crippen LogP contribution < -0.4 is 10.5 Å². The van der Waals surface area contributed by atoms with Gasteiger partial charge in [0.2, 0.25) is 0 Å². The molecular formula is C16H22N2O3. The average Bonchev–Trinajstić information content (AvgIpc) is 2.81. The van der Waals surface area contributed by atoms with Crippen LogP contribution in [0.25, 0.3) is 10.9 Å². The third-order valence-corrected chi connectivity index (χ3v) is 4.21. The highest BCUT2D eigenvalue weighted by Crippen LogP contribution is 2.34. The molecule has 21 heavy (non-hydrogen) atoms. The lowest BCUT2D eigenvalue weighted by molar-refractivity contribution is 0.0680. The van der Waals surface area contributed by atoms with Crippen molar-refractivity contribution in [1.82, 2.24) is 4.57 Å². The Morgan fingerprint density at radius 2 is 1.95 bits per heavy atom. The van der Waals surface area contributed by atoms with Gasteiger partial charge in [0.25, 0.3) is 0 Å². The van der Waals surface area contributed by atoms with Crippen molar-refractivity contribution in [2.45, 2.75) is 38.8 Å². The molecule has 0 unspecified atom stereocenters. The third kappa shape index (κ3) is 2.61. The van der Waals surface area contributed by atoms with Gasteiger partial charge in [-0.05, 0) is 25.0 Å². The second-order valence-corrected chi connectivity index (χ2v) is 5.36. The van der Waals surface area contributed by atoms with Crippen LogP contribution in [0.3, 0.4) is 0 Å². The number of carboxylic acid groups (broad SMARTS) is 1. The molecule has 2 aromatic rings. The highest BCUT2D eigenvalue weighted by atomic mass is 16.5. The molecule has 1 aromatic carbocycles. The predicted molar refractivity (Wildman–Crippen MR) is 82.9 cm³/mol. The Labute approximate surface area is 124 Å². The van der Waals surface area contributed by atoms with Crippen molar-refractivity contribution in [2.24, 2.45) is 5.73 Å². The molecule has 1 aromatic heterocycles. The number of carboxylic acids is 1. The van der Waals surface area contributed by atoms with E-state index in [4.69, 9.17) is 10.5 Å². The normalized spacial score (nSPS) is 11.8. The van der Waals surface area contributed by atoms with Crippen molar-refractivity contribution in [3.63, 3.8) is 0 Å². The van der Waals surface area contributed by atoms with Gasteiger partial charge in [-0.2, -0.15) is 0 Å². The molecule has 114 valence electrons. The Hall–Kier alpha value is -2.01. The molecule has 0 aliphatic carbocycles. The standard InChI is InChI=1S/C16H22N2O3/c1-4-16(17,5-2)10-18-12-9-7-6-8-11(12)14(21-3)13(18)15(19)20/h6-9H,4-5,10,17H2,1-3H3,(H,19,20). The molecule has 0 aliphatic heterocycles. The van der Waals surface area contributed by atoms with E-state index in [9.17, 15) is 9.90 Å². The van der Waals surface area contributed by atoms with E-state index >= 15 is 0 Å². The molecule has 0 radical (unpaired) electrons. The van der Waals surface area contributed by atoms with E-state index in [2.05, 4.69) is 0 Å². The van der Waals surface area contributed by atoms with E-state index in [0.29, 0.717) is 12.3 Å². The van der Waals surface area contributed by atoms with Gasteiger partial charge in [0.05, 0.1) is 12.6 Å². The fourth-order valence-corrected chi connectivity index (χ4v) is 2.64. The summed E-state index contributed by atoms with van der Waals surface area (Å²) in [6.45, 7) is 4.49. The molecule has 0 saturated carbocycles. The van der Waals surface area contributed by atoms with Crippen molar-refractivity contribution in [1.29, 1.82) is 0 Å². The number of fused-ring (bicyclic) bond motifs is 1. The van der Waals surface area contributed by atoms with Gasteiger partial charge in [-0.15, -0.1) is 0 Å². The van der Waals surface area contributed by atoms with Gasteiger partial charge in [0.1, 0.15) is 0 Å². The van der Waals surface area contributed by atoms with E-state index in [1.807, 2.05) is 38.1 Å². The van der Waals surface area contributed by atoms with Gasteiger partial charge in [0, 0.05) is 17.5 Å². The smallest absolute Gasteiger partial charge is 0.356 e. The number of methoxy groups -OCH3 is 1. The van der Waals surface area contributed by atoms with E-state index in [0.717, 1.165) is 23.7 Å². The number of rotatable bonds is 6. The SMILES string of the molecule is CCC(N)(CC)Cn1c(C(=O)O)c(OC)c2ccccc21. The fraction of sp³-hybridized carbons (Fsp3) is 0.438. The van der Waals surface area contributed by atoms with E-state index in [1.165, 1.54) is 7.11 Å². The Morgan fingerprint density at radius 3 is 2.48 bits per heavy atom. The predicted octanol–water partition coefficient (Wildman–Crippen LogP) is 2.87. The summed E-state index contributed by atoms with van der Waals surface area (Å²) in [4.78, 5) is 11.7. The molecule has 0 bridgehead atoms. The summed E-state index contributed by atoms with van der Waals surface area (Å²) < 4.78 is 7.11. The number of aromatic nitrogens is 1. The van der Waals surface area contributed by atoms with Gasteiger partial charge >= 0.3 is 5.97 Å². The highest BCUT2D eigenvalue weighted by molar-refractivity contribution is 6.01. The maximum absolute atomic E-state index is 11.7.